The molecule has 2 N–H and O–H groups in total. The average Bonchev–Trinajstić information content (AvgIpc) is 3.57. The first-order valence-electron chi connectivity index (χ1n) is 14.4. The third-order valence-electron chi connectivity index (χ3n) is 7.67. The van der Waals surface area contributed by atoms with Crippen LogP contribution in [-0.4, -0.2) is 50.2 Å². The molecule has 46 heavy (non-hydrogen) atoms. The molecule has 0 radical (unpaired) electrons. The molecule has 0 atom stereocenters. The van der Waals surface area contributed by atoms with Crippen molar-refractivity contribution in [3.8, 4) is 11.1 Å². The van der Waals surface area contributed by atoms with Gasteiger partial charge in [-0.3, -0.25) is 14.4 Å². The van der Waals surface area contributed by atoms with E-state index in [1.807, 2.05) is 6.92 Å². The molecule has 240 valence electrons. The number of piperidine rings is 1. The number of nitrogens with zero attached hydrogens (tertiary/aromatic N) is 1. The summed E-state index contributed by atoms with van der Waals surface area (Å²) >= 11 is 1.13. The molecule has 0 aliphatic carbocycles. The molecule has 3 aromatic carbocycles. The van der Waals surface area contributed by atoms with Crippen molar-refractivity contribution in [2.45, 2.75) is 43.3 Å². The van der Waals surface area contributed by atoms with Gasteiger partial charge in [0.05, 0.1) is 21.8 Å². The van der Waals surface area contributed by atoms with E-state index >= 15 is 0 Å². The Hall–Kier alpha value is -4.49. The molecule has 0 spiro atoms. The second-order valence-corrected chi connectivity index (χ2v) is 13.6. The maximum absolute atomic E-state index is 13.2. The van der Waals surface area contributed by atoms with E-state index in [4.69, 9.17) is 0 Å². The molecule has 1 aliphatic rings. The third-order valence-corrected chi connectivity index (χ3v) is 9.93. The van der Waals surface area contributed by atoms with Crippen LogP contribution in [0.2, 0.25) is 0 Å². The van der Waals surface area contributed by atoms with Crippen LogP contribution in [0.15, 0.2) is 89.1 Å². The fourth-order valence-electron chi connectivity index (χ4n) is 5.18. The van der Waals surface area contributed by atoms with Crippen molar-refractivity contribution in [2.75, 3.05) is 13.1 Å². The normalized spacial score (nSPS) is 14.1. The van der Waals surface area contributed by atoms with Gasteiger partial charge in [0, 0.05) is 30.3 Å². The fraction of sp³-hybridized carbons (Fsp3) is 0.242. The molecule has 13 heteroatoms. The minimum Gasteiger partial charge on any atom is -0.349 e. The second-order valence-electron chi connectivity index (χ2n) is 11.0. The summed E-state index contributed by atoms with van der Waals surface area (Å²) in [6.45, 7) is 2.62. The van der Waals surface area contributed by atoms with Crippen LogP contribution in [0.25, 0.3) is 11.1 Å². The van der Waals surface area contributed by atoms with E-state index in [1.54, 1.807) is 52.7 Å². The Morgan fingerprint density at radius 1 is 0.913 bits per heavy atom. The minimum atomic E-state index is -4.44. The van der Waals surface area contributed by atoms with E-state index in [1.165, 1.54) is 24.3 Å². The van der Waals surface area contributed by atoms with E-state index in [0.29, 0.717) is 48.2 Å². The van der Waals surface area contributed by atoms with Crippen LogP contribution < -0.4 is 10.0 Å². The summed E-state index contributed by atoms with van der Waals surface area (Å²) in [6.07, 6.45) is -3.41. The highest BCUT2D eigenvalue weighted by Crippen LogP contribution is 2.30. The number of benzene rings is 3. The summed E-state index contributed by atoms with van der Waals surface area (Å²) in [7, 11) is -4.20. The highest BCUT2D eigenvalue weighted by molar-refractivity contribution is 7.90. The van der Waals surface area contributed by atoms with Crippen molar-refractivity contribution in [2.24, 2.45) is 0 Å². The Kier molecular flexibility index (Phi) is 9.63. The summed E-state index contributed by atoms with van der Waals surface area (Å²) in [6, 6.07) is 18.8. The molecule has 5 rings (SSSR count). The number of alkyl halides is 3. The zero-order chi connectivity index (χ0) is 33.1. The molecule has 4 aromatic rings. The highest BCUT2D eigenvalue weighted by Gasteiger charge is 2.30. The first-order chi connectivity index (χ1) is 21.8. The number of hydrogen-bond acceptors (Lipinski definition) is 6. The average molecular weight is 670 g/mol. The number of hydrogen-bond donors (Lipinski definition) is 2. The number of halogens is 3. The van der Waals surface area contributed by atoms with Gasteiger partial charge in [-0.05, 0) is 72.7 Å². The van der Waals surface area contributed by atoms with Crippen LogP contribution in [0, 0.1) is 6.92 Å². The largest absolute Gasteiger partial charge is 0.416 e. The SMILES string of the molecule is Cc1ccc(S(=O)(=O)NC(=O)c2cccs2)c(-c2ccc(C(=O)NC3CCN(C(=O)Cc4ccc(C(F)(F)F)cc4)CC3)cc2)c1. The Bertz CT molecular complexity index is 1830. The fourth-order valence-corrected chi connectivity index (χ4v) is 7.04. The van der Waals surface area contributed by atoms with Gasteiger partial charge in [0.25, 0.3) is 21.8 Å². The van der Waals surface area contributed by atoms with Gasteiger partial charge in [-0.25, -0.2) is 13.1 Å². The third kappa shape index (κ3) is 7.83. The maximum Gasteiger partial charge on any atom is 0.416 e. The van der Waals surface area contributed by atoms with Gasteiger partial charge in [-0.1, -0.05) is 48.0 Å². The predicted octanol–water partition coefficient (Wildman–Crippen LogP) is 5.82. The molecule has 1 fully saturated rings. The van der Waals surface area contributed by atoms with Crippen LogP contribution in [-0.2, 0) is 27.4 Å². The Morgan fingerprint density at radius 2 is 1.59 bits per heavy atom. The monoisotopic (exact) mass is 669 g/mol. The molecule has 1 aliphatic heterocycles. The lowest BCUT2D eigenvalue weighted by Crippen LogP contribution is -2.47. The van der Waals surface area contributed by atoms with Crippen molar-refractivity contribution < 1.29 is 36.0 Å². The van der Waals surface area contributed by atoms with Crippen LogP contribution in [0.5, 0.6) is 0 Å². The molecule has 0 bridgehead atoms. The van der Waals surface area contributed by atoms with Crippen molar-refractivity contribution in [3.05, 3.63) is 111 Å². The van der Waals surface area contributed by atoms with Gasteiger partial charge in [0.1, 0.15) is 0 Å². The lowest BCUT2D eigenvalue weighted by Gasteiger charge is -2.32. The van der Waals surface area contributed by atoms with Gasteiger partial charge in [-0.2, -0.15) is 13.2 Å². The Labute approximate surface area is 268 Å². The second kappa shape index (κ2) is 13.5. The number of likely N-dealkylation sites (tertiary alicyclic amines) is 1. The van der Waals surface area contributed by atoms with E-state index in [0.717, 1.165) is 29.0 Å². The molecule has 2 heterocycles. The van der Waals surface area contributed by atoms with Gasteiger partial charge in [-0.15, -0.1) is 11.3 Å². The lowest BCUT2D eigenvalue weighted by molar-refractivity contribution is -0.137. The number of carbonyl (C=O) groups excluding carboxylic acids is 3. The molecular weight excluding hydrogens is 640 g/mol. The number of nitrogens with one attached hydrogen (secondary N) is 2. The lowest BCUT2D eigenvalue weighted by atomic mass is 10.0. The molecule has 1 saturated heterocycles. The number of carbonyl (C=O) groups is 3. The van der Waals surface area contributed by atoms with Crippen LogP contribution in [0.1, 0.15) is 49.6 Å². The number of amides is 3. The van der Waals surface area contributed by atoms with Gasteiger partial charge in [0.15, 0.2) is 0 Å². The Balaban J connectivity index is 1.18. The number of sulfonamides is 1. The summed E-state index contributed by atoms with van der Waals surface area (Å²) in [4.78, 5) is 40.1. The Morgan fingerprint density at radius 3 is 2.20 bits per heavy atom. The number of aryl methyl sites for hydroxylation is 1. The minimum absolute atomic E-state index is 0.00747. The maximum atomic E-state index is 13.2. The molecular formula is C33H30F3N3O5S2. The number of thiophene rings is 1. The van der Waals surface area contributed by atoms with Crippen LogP contribution >= 0.6 is 11.3 Å². The zero-order valence-corrected chi connectivity index (χ0v) is 26.3. The van der Waals surface area contributed by atoms with Crippen molar-refractivity contribution in [1.82, 2.24) is 14.9 Å². The van der Waals surface area contributed by atoms with E-state index in [9.17, 15) is 36.0 Å². The topological polar surface area (TPSA) is 113 Å². The van der Waals surface area contributed by atoms with E-state index < -0.39 is 27.7 Å². The van der Waals surface area contributed by atoms with Crippen molar-refractivity contribution in [3.63, 3.8) is 0 Å². The predicted molar refractivity (Wildman–Crippen MR) is 168 cm³/mol. The molecule has 0 saturated carbocycles. The van der Waals surface area contributed by atoms with Crippen molar-refractivity contribution in [1.29, 1.82) is 0 Å². The van der Waals surface area contributed by atoms with Crippen molar-refractivity contribution >= 4 is 39.1 Å². The van der Waals surface area contributed by atoms with Crippen LogP contribution in [0.4, 0.5) is 13.2 Å². The zero-order valence-electron chi connectivity index (χ0n) is 24.6. The quantitative estimate of drug-likeness (QED) is 0.246. The van der Waals surface area contributed by atoms with Gasteiger partial charge in [0.2, 0.25) is 5.91 Å². The number of rotatable bonds is 8. The molecule has 0 unspecified atom stereocenters. The highest BCUT2D eigenvalue weighted by atomic mass is 32.2. The van der Waals surface area contributed by atoms with Crippen LogP contribution in [0.3, 0.4) is 0 Å². The summed E-state index contributed by atoms with van der Waals surface area (Å²) in [5.41, 5.74) is 1.83. The molecule has 1 aromatic heterocycles. The molecule has 3 amide bonds. The smallest absolute Gasteiger partial charge is 0.349 e. The van der Waals surface area contributed by atoms with Gasteiger partial charge < -0.3 is 10.2 Å². The summed E-state index contributed by atoms with van der Waals surface area (Å²) < 4.78 is 66.9. The standard InChI is InChI=1S/C33H30F3N3O5S2/c1-21-4-13-29(46(43,44)38-32(42)28-3-2-18-45-28)27(19-21)23-7-9-24(10-8-23)31(41)37-26-14-16-39(17-15-26)30(40)20-22-5-11-25(12-6-22)33(34,35)36/h2-13,18-19,26H,14-17,20H2,1H3,(H,37,41)(H,38,42). The van der Waals surface area contributed by atoms with Gasteiger partial charge >= 0.3 is 6.18 Å². The molecule has 8 nitrogen and oxygen atoms in total. The van der Waals surface area contributed by atoms with E-state index in [2.05, 4.69) is 10.0 Å². The van der Waals surface area contributed by atoms with E-state index in [-0.39, 0.29) is 34.0 Å². The first-order valence-corrected chi connectivity index (χ1v) is 16.7. The summed E-state index contributed by atoms with van der Waals surface area (Å²) in [5.74, 6) is -1.23. The first kappa shape index (κ1) is 32.9. The summed E-state index contributed by atoms with van der Waals surface area (Å²) in [5, 5.41) is 4.65.